The zero-order valence-electron chi connectivity index (χ0n) is 15.5. The van der Waals surface area contributed by atoms with Crippen molar-refractivity contribution in [3.63, 3.8) is 0 Å². The van der Waals surface area contributed by atoms with Gasteiger partial charge >= 0.3 is 0 Å². The minimum atomic E-state index is 0.225. The largest absolute Gasteiger partial charge is 0.490 e. The molecule has 0 saturated heterocycles. The minimum Gasteiger partial charge on any atom is -0.490 e. The lowest BCUT2D eigenvalue weighted by molar-refractivity contribution is 0.0628. The number of aryl methyl sites for hydroxylation is 1. The summed E-state index contributed by atoms with van der Waals surface area (Å²) in [6.45, 7) is 7.29. The third kappa shape index (κ3) is 3.33. The highest BCUT2D eigenvalue weighted by atomic mass is 16.5. The molecule has 1 unspecified atom stereocenters. The Kier molecular flexibility index (Phi) is 5.16. The van der Waals surface area contributed by atoms with Crippen molar-refractivity contribution >= 4 is 5.69 Å². The smallest absolute Gasteiger partial charge is 0.208 e. The molecule has 1 heterocycles. The predicted molar refractivity (Wildman–Crippen MR) is 102 cm³/mol. The van der Waals surface area contributed by atoms with E-state index in [2.05, 4.69) is 10.9 Å². The molecule has 0 radical (unpaired) electrons. The summed E-state index contributed by atoms with van der Waals surface area (Å²) in [6, 6.07) is 5.95. The number of hydrogen-bond acceptors (Lipinski definition) is 2. The van der Waals surface area contributed by atoms with Crippen molar-refractivity contribution in [1.29, 1.82) is 5.26 Å². The first-order valence-corrected chi connectivity index (χ1v) is 10.4. The van der Waals surface area contributed by atoms with E-state index in [1.165, 1.54) is 57.8 Å². The summed E-state index contributed by atoms with van der Waals surface area (Å²) < 4.78 is 6.35. The van der Waals surface area contributed by atoms with E-state index in [-0.39, 0.29) is 6.10 Å². The molecule has 26 heavy (non-hydrogen) atoms. The Morgan fingerprint density at radius 2 is 1.62 bits per heavy atom. The van der Waals surface area contributed by atoms with E-state index in [1.54, 1.807) is 6.07 Å². The van der Waals surface area contributed by atoms with Crippen molar-refractivity contribution in [2.75, 3.05) is 0 Å². The van der Waals surface area contributed by atoms with Gasteiger partial charge in [0, 0.05) is 0 Å². The summed E-state index contributed by atoms with van der Waals surface area (Å²) in [7, 11) is 0. The van der Waals surface area contributed by atoms with Crippen LogP contribution in [0.5, 0.6) is 5.75 Å². The molecule has 136 valence electrons. The SMILES string of the molecule is [C-]#[N+]c1ccc2c(c1C#N)OC(C1CCC(C3CCCCC3)CC1)CC2. The van der Waals surface area contributed by atoms with Crippen molar-refractivity contribution in [2.24, 2.45) is 17.8 Å². The number of ether oxygens (including phenoxy) is 1. The lowest BCUT2D eigenvalue weighted by Crippen LogP contribution is -2.35. The predicted octanol–water partition coefficient (Wildman–Crippen LogP) is 6.19. The van der Waals surface area contributed by atoms with Crippen LogP contribution in [0, 0.1) is 35.7 Å². The zero-order chi connectivity index (χ0) is 17.9. The third-order valence-corrected chi connectivity index (χ3v) is 7.08. The van der Waals surface area contributed by atoms with Gasteiger partial charge in [0.05, 0.1) is 12.6 Å². The minimum absolute atomic E-state index is 0.225. The molecule has 2 fully saturated rings. The molecule has 0 bridgehead atoms. The molecular formula is C23H28N2O. The van der Waals surface area contributed by atoms with Gasteiger partial charge in [-0.1, -0.05) is 44.2 Å². The molecular weight excluding hydrogens is 320 g/mol. The quantitative estimate of drug-likeness (QED) is 0.598. The van der Waals surface area contributed by atoms with Crippen LogP contribution in [-0.2, 0) is 6.42 Å². The number of nitriles is 1. The summed E-state index contributed by atoms with van der Waals surface area (Å²) in [5.74, 6) is 3.23. The molecule has 3 aliphatic rings. The maximum absolute atomic E-state index is 9.51. The fourth-order valence-electron chi connectivity index (χ4n) is 5.58. The summed E-state index contributed by atoms with van der Waals surface area (Å²) in [6.07, 6.45) is 14.7. The van der Waals surface area contributed by atoms with Crippen LogP contribution in [0.4, 0.5) is 5.69 Å². The van der Waals surface area contributed by atoms with Gasteiger partial charge in [0.2, 0.25) is 5.69 Å². The van der Waals surface area contributed by atoms with E-state index in [9.17, 15) is 5.26 Å². The first-order chi connectivity index (χ1) is 12.8. The van der Waals surface area contributed by atoms with Crippen LogP contribution in [0.3, 0.4) is 0 Å². The van der Waals surface area contributed by atoms with Crippen LogP contribution < -0.4 is 4.74 Å². The number of hydrogen-bond donors (Lipinski definition) is 0. The topological polar surface area (TPSA) is 37.4 Å². The van der Waals surface area contributed by atoms with E-state index in [0.29, 0.717) is 22.9 Å². The summed E-state index contributed by atoms with van der Waals surface area (Å²) in [5.41, 5.74) is 1.96. The van der Waals surface area contributed by atoms with Crippen LogP contribution >= 0.6 is 0 Å². The summed E-state index contributed by atoms with van der Waals surface area (Å²) in [4.78, 5) is 3.50. The molecule has 4 rings (SSSR count). The average molecular weight is 348 g/mol. The van der Waals surface area contributed by atoms with Crippen LogP contribution in [0.1, 0.15) is 75.3 Å². The molecule has 0 amide bonds. The molecule has 3 nitrogen and oxygen atoms in total. The second kappa shape index (κ2) is 7.71. The molecule has 1 aromatic rings. The van der Waals surface area contributed by atoms with E-state index < -0.39 is 0 Å². The highest BCUT2D eigenvalue weighted by Crippen LogP contribution is 2.44. The Labute approximate surface area is 157 Å². The Hall–Kier alpha value is -2.00. The molecule has 3 heteroatoms. The van der Waals surface area contributed by atoms with Gasteiger partial charge in [-0.25, -0.2) is 4.85 Å². The van der Waals surface area contributed by atoms with E-state index >= 15 is 0 Å². The van der Waals surface area contributed by atoms with Gasteiger partial charge in [0.15, 0.2) is 0 Å². The van der Waals surface area contributed by atoms with E-state index in [0.717, 1.165) is 30.2 Å². The first-order valence-electron chi connectivity index (χ1n) is 10.4. The molecule has 1 atom stereocenters. The highest BCUT2D eigenvalue weighted by Gasteiger charge is 2.35. The van der Waals surface area contributed by atoms with Gasteiger partial charge in [-0.05, 0) is 61.8 Å². The van der Waals surface area contributed by atoms with E-state index in [1.807, 2.05) is 6.07 Å². The second-order valence-electron chi connectivity index (χ2n) is 8.44. The van der Waals surface area contributed by atoms with Crippen LogP contribution in [0.2, 0.25) is 0 Å². The van der Waals surface area contributed by atoms with Crippen LogP contribution in [0.15, 0.2) is 12.1 Å². The summed E-state index contributed by atoms with van der Waals surface area (Å²) >= 11 is 0. The molecule has 1 aliphatic heterocycles. The van der Waals surface area contributed by atoms with Gasteiger partial charge in [-0.3, -0.25) is 0 Å². The fourth-order valence-corrected chi connectivity index (χ4v) is 5.58. The van der Waals surface area contributed by atoms with Gasteiger partial charge in [-0.2, -0.15) is 5.26 Å². The Balaban J connectivity index is 1.42. The Bertz CT molecular complexity index is 728. The standard InChI is InChI=1S/C23H28N2O/c1-25-21-13-11-19-12-14-22(26-23(19)20(21)15-24)18-9-7-17(8-10-18)16-5-3-2-4-6-16/h11,13,16-18,22H,2-10,12,14H2. The zero-order valence-corrected chi connectivity index (χ0v) is 15.5. The van der Waals surface area contributed by atoms with Crippen LogP contribution in [0.25, 0.3) is 4.85 Å². The van der Waals surface area contributed by atoms with Crippen molar-refractivity contribution in [3.05, 3.63) is 34.7 Å². The molecule has 1 aromatic carbocycles. The Morgan fingerprint density at radius 1 is 0.923 bits per heavy atom. The lowest BCUT2D eigenvalue weighted by atomic mass is 9.69. The lowest BCUT2D eigenvalue weighted by Gasteiger charge is -2.40. The van der Waals surface area contributed by atoms with Crippen molar-refractivity contribution < 1.29 is 4.74 Å². The van der Waals surface area contributed by atoms with E-state index in [4.69, 9.17) is 11.3 Å². The molecule has 2 aliphatic carbocycles. The molecule has 2 saturated carbocycles. The molecule has 0 aromatic heterocycles. The normalized spacial score (nSPS) is 29.1. The fraction of sp³-hybridized carbons (Fsp3) is 0.652. The maximum Gasteiger partial charge on any atom is 0.208 e. The average Bonchev–Trinajstić information content (AvgIpc) is 2.73. The maximum atomic E-state index is 9.51. The first kappa shape index (κ1) is 17.4. The monoisotopic (exact) mass is 348 g/mol. The van der Waals surface area contributed by atoms with Gasteiger partial charge in [-0.15, -0.1) is 0 Å². The number of rotatable bonds is 2. The number of fused-ring (bicyclic) bond motifs is 1. The number of nitrogens with zero attached hydrogens (tertiary/aromatic N) is 2. The van der Waals surface area contributed by atoms with Crippen molar-refractivity contribution in [3.8, 4) is 11.8 Å². The van der Waals surface area contributed by atoms with Gasteiger partial charge < -0.3 is 4.74 Å². The van der Waals surface area contributed by atoms with Gasteiger partial charge in [0.25, 0.3) is 0 Å². The highest BCUT2D eigenvalue weighted by molar-refractivity contribution is 5.67. The van der Waals surface area contributed by atoms with Crippen molar-refractivity contribution in [1.82, 2.24) is 0 Å². The second-order valence-corrected chi connectivity index (χ2v) is 8.44. The van der Waals surface area contributed by atoms with Crippen LogP contribution in [-0.4, -0.2) is 6.10 Å². The van der Waals surface area contributed by atoms with Crippen molar-refractivity contribution in [2.45, 2.75) is 76.7 Å². The third-order valence-electron chi connectivity index (χ3n) is 7.08. The number of benzene rings is 1. The van der Waals surface area contributed by atoms with Gasteiger partial charge in [0.1, 0.15) is 17.4 Å². The molecule has 0 spiro atoms. The molecule has 0 N–H and O–H groups in total. The summed E-state index contributed by atoms with van der Waals surface area (Å²) in [5, 5.41) is 9.51. The Morgan fingerprint density at radius 3 is 2.31 bits per heavy atom.